The second kappa shape index (κ2) is 8.21. The normalized spacial score (nSPS) is 10.8. The second-order valence-electron chi connectivity index (χ2n) is 6.88. The van der Waals surface area contributed by atoms with Crippen LogP contribution < -0.4 is 4.74 Å². The molecule has 150 valence electrons. The highest BCUT2D eigenvalue weighted by Gasteiger charge is 2.21. The lowest BCUT2D eigenvalue weighted by Crippen LogP contribution is -2.12. The molecule has 4 aromatic rings. The molecule has 0 unspecified atom stereocenters. The van der Waals surface area contributed by atoms with E-state index in [-0.39, 0.29) is 11.4 Å². The predicted molar refractivity (Wildman–Crippen MR) is 110 cm³/mol. The third-order valence-electron chi connectivity index (χ3n) is 4.81. The van der Waals surface area contributed by atoms with Crippen LogP contribution in [0.5, 0.6) is 5.75 Å². The Labute approximate surface area is 172 Å². The van der Waals surface area contributed by atoms with E-state index >= 15 is 0 Å². The predicted octanol–water partition coefficient (Wildman–Crippen LogP) is 4.68. The van der Waals surface area contributed by atoms with Crippen molar-refractivity contribution in [1.29, 1.82) is 0 Å². The Morgan fingerprint density at radius 1 is 0.933 bits per heavy atom. The monoisotopic (exact) mass is 403 g/mol. The van der Waals surface area contributed by atoms with E-state index < -0.39 is 11.8 Å². The fourth-order valence-corrected chi connectivity index (χ4v) is 3.32. The van der Waals surface area contributed by atoms with Crippen LogP contribution in [0.2, 0.25) is 0 Å². The van der Waals surface area contributed by atoms with Crippen LogP contribution in [-0.2, 0) is 17.9 Å². The van der Waals surface area contributed by atoms with Crippen molar-refractivity contribution < 1.29 is 23.8 Å². The summed E-state index contributed by atoms with van der Waals surface area (Å²) in [5.74, 6) is -2.31. The summed E-state index contributed by atoms with van der Waals surface area (Å²) in [6, 6.07) is 20.9. The van der Waals surface area contributed by atoms with E-state index in [1.54, 1.807) is 34.9 Å². The minimum Gasteiger partial charge on any atom is -0.489 e. The smallest absolute Gasteiger partial charge is 0.377 e. The molecule has 0 atom stereocenters. The number of carboxylic acid groups (broad SMARTS) is 1. The molecular formula is C24H18FNO4. The number of nitrogens with zero attached hydrogens (tertiary/aromatic N) is 1. The zero-order chi connectivity index (χ0) is 21.1. The third-order valence-corrected chi connectivity index (χ3v) is 4.81. The first-order valence-electron chi connectivity index (χ1n) is 9.33. The minimum atomic E-state index is -1.52. The first kappa shape index (κ1) is 19.4. The zero-order valence-corrected chi connectivity index (χ0v) is 15.9. The van der Waals surface area contributed by atoms with E-state index in [1.165, 1.54) is 18.3 Å². The van der Waals surface area contributed by atoms with Crippen LogP contribution in [0.15, 0.2) is 79.0 Å². The summed E-state index contributed by atoms with van der Waals surface area (Å²) in [6.45, 7) is 0.721. The van der Waals surface area contributed by atoms with Crippen molar-refractivity contribution in [3.63, 3.8) is 0 Å². The van der Waals surface area contributed by atoms with Crippen LogP contribution in [0.25, 0.3) is 10.9 Å². The van der Waals surface area contributed by atoms with Crippen molar-refractivity contribution in [3.8, 4) is 5.75 Å². The van der Waals surface area contributed by atoms with Gasteiger partial charge < -0.3 is 14.4 Å². The molecule has 0 radical (unpaired) electrons. The van der Waals surface area contributed by atoms with E-state index in [1.807, 2.05) is 30.3 Å². The molecule has 1 aromatic heterocycles. The molecule has 1 N–H and O–H groups in total. The molecule has 30 heavy (non-hydrogen) atoms. The number of ketones is 1. The number of carbonyl (C=O) groups is 2. The van der Waals surface area contributed by atoms with Crippen molar-refractivity contribution >= 4 is 22.7 Å². The summed E-state index contributed by atoms with van der Waals surface area (Å²) in [4.78, 5) is 23.6. The van der Waals surface area contributed by atoms with Crippen LogP contribution in [0.1, 0.15) is 21.5 Å². The van der Waals surface area contributed by atoms with E-state index in [9.17, 15) is 19.1 Å². The summed E-state index contributed by atoms with van der Waals surface area (Å²) in [5.41, 5.74) is 2.60. The highest BCUT2D eigenvalue weighted by molar-refractivity contribution is 6.42. The molecule has 0 aliphatic rings. The average Bonchev–Trinajstić information content (AvgIpc) is 3.11. The zero-order valence-electron chi connectivity index (χ0n) is 15.9. The van der Waals surface area contributed by atoms with Gasteiger partial charge in [-0.3, -0.25) is 4.79 Å². The van der Waals surface area contributed by atoms with Gasteiger partial charge in [0.05, 0.1) is 5.56 Å². The number of rotatable bonds is 7. The number of benzene rings is 3. The van der Waals surface area contributed by atoms with Gasteiger partial charge in [0, 0.05) is 23.6 Å². The summed E-state index contributed by atoms with van der Waals surface area (Å²) in [6.07, 6.45) is 1.52. The Balaban J connectivity index is 1.69. The number of hydrogen-bond acceptors (Lipinski definition) is 3. The van der Waals surface area contributed by atoms with Crippen molar-refractivity contribution in [2.75, 3.05) is 0 Å². The van der Waals surface area contributed by atoms with Gasteiger partial charge in [-0.05, 0) is 41.5 Å². The summed E-state index contributed by atoms with van der Waals surface area (Å²) >= 11 is 0. The molecule has 0 fully saturated rings. The summed E-state index contributed by atoms with van der Waals surface area (Å²) < 4.78 is 20.8. The van der Waals surface area contributed by atoms with Gasteiger partial charge in [-0.1, -0.05) is 42.5 Å². The van der Waals surface area contributed by atoms with Crippen molar-refractivity contribution in [3.05, 3.63) is 102 Å². The molecule has 0 bridgehead atoms. The number of ether oxygens (including phenoxy) is 1. The number of carboxylic acids is 1. The molecule has 0 amide bonds. The van der Waals surface area contributed by atoms with E-state index in [0.29, 0.717) is 29.8 Å². The molecule has 0 saturated carbocycles. The highest BCUT2D eigenvalue weighted by atomic mass is 19.1. The van der Waals surface area contributed by atoms with Crippen molar-refractivity contribution in [2.24, 2.45) is 0 Å². The van der Waals surface area contributed by atoms with E-state index in [2.05, 4.69) is 0 Å². The van der Waals surface area contributed by atoms with E-state index in [0.717, 1.165) is 11.1 Å². The highest BCUT2D eigenvalue weighted by Crippen LogP contribution is 2.28. The van der Waals surface area contributed by atoms with Crippen LogP contribution >= 0.6 is 0 Å². The summed E-state index contributed by atoms with van der Waals surface area (Å²) in [5, 5.41) is 9.71. The van der Waals surface area contributed by atoms with Crippen LogP contribution in [0, 0.1) is 5.82 Å². The number of halogens is 1. The van der Waals surface area contributed by atoms with Gasteiger partial charge >= 0.3 is 5.97 Å². The molecule has 1 heterocycles. The molecular weight excluding hydrogens is 385 g/mol. The molecule has 6 heteroatoms. The van der Waals surface area contributed by atoms with E-state index in [4.69, 9.17) is 4.74 Å². The Kier molecular flexibility index (Phi) is 5.30. The van der Waals surface area contributed by atoms with Gasteiger partial charge in [0.1, 0.15) is 18.2 Å². The third kappa shape index (κ3) is 4.07. The van der Waals surface area contributed by atoms with Gasteiger partial charge in [-0.15, -0.1) is 0 Å². The fourth-order valence-electron chi connectivity index (χ4n) is 3.32. The first-order valence-corrected chi connectivity index (χ1v) is 9.33. The molecule has 0 aliphatic heterocycles. The maximum absolute atomic E-state index is 13.2. The number of aliphatic carboxylic acids is 1. The minimum absolute atomic E-state index is 0.0878. The lowest BCUT2D eigenvalue weighted by Gasteiger charge is -2.08. The largest absolute Gasteiger partial charge is 0.489 e. The standard InChI is InChI=1S/C24H18FNO4/c25-18-8-6-16(7-9-18)13-26-14-21(23(27)24(28)29)20-12-19(10-11-22(20)26)30-15-17-4-2-1-3-5-17/h1-12,14H,13,15H2,(H,28,29). The lowest BCUT2D eigenvalue weighted by molar-refractivity contribution is -0.131. The van der Waals surface area contributed by atoms with Gasteiger partial charge in [0.2, 0.25) is 0 Å². The first-order chi connectivity index (χ1) is 14.5. The topological polar surface area (TPSA) is 68.5 Å². The molecule has 4 rings (SSSR count). The van der Waals surface area contributed by atoms with Crippen LogP contribution in [0.4, 0.5) is 4.39 Å². The molecule has 3 aromatic carbocycles. The molecule has 0 saturated heterocycles. The van der Waals surface area contributed by atoms with Gasteiger partial charge in [0.25, 0.3) is 5.78 Å². The SMILES string of the molecule is O=C(O)C(=O)c1cn(Cc2ccc(F)cc2)c2ccc(OCc3ccccc3)cc12. The summed E-state index contributed by atoms with van der Waals surface area (Å²) in [7, 11) is 0. The Morgan fingerprint density at radius 3 is 2.37 bits per heavy atom. The second-order valence-corrected chi connectivity index (χ2v) is 6.88. The van der Waals surface area contributed by atoms with Crippen LogP contribution in [0.3, 0.4) is 0 Å². The maximum atomic E-state index is 13.2. The van der Waals surface area contributed by atoms with Crippen LogP contribution in [-0.4, -0.2) is 21.4 Å². The lowest BCUT2D eigenvalue weighted by atomic mass is 10.1. The number of aromatic nitrogens is 1. The average molecular weight is 403 g/mol. The quantitative estimate of drug-likeness (QED) is 0.360. The molecule has 0 spiro atoms. The van der Waals surface area contributed by atoms with Crippen molar-refractivity contribution in [2.45, 2.75) is 13.2 Å². The Hall–Kier alpha value is -3.93. The van der Waals surface area contributed by atoms with Crippen molar-refractivity contribution in [1.82, 2.24) is 4.57 Å². The van der Waals surface area contributed by atoms with Gasteiger partial charge in [0.15, 0.2) is 0 Å². The number of hydrogen-bond donors (Lipinski definition) is 1. The van der Waals surface area contributed by atoms with Gasteiger partial charge in [-0.2, -0.15) is 0 Å². The molecule has 0 aliphatic carbocycles. The number of Topliss-reactive ketones (excluding diaryl/α,β-unsaturated/α-hetero) is 1. The fraction of sp³-hybridized carbons (Fsp3) is 0.0833. The maximum Gasteiger partial charge on any atom is 0.377 e. The number of fused-ring (bicyclic) bond motifs is 1. The Bertz CT molecular complexity index is 1210. The Morgan fingerprint density at radius 2 is 1.67 bits per heavy atom. The number of carbonyl (C=O) groups excluding carboxylic acids is 1. The molecule has 5 nitrogen and oxygen atoms in total. The van der Waals surface area contributed by atoms with Gasteiger partial charge in [-0.25, -0.2) is 9.18 Å².